The van der Waals surface area contributed by atoms with Crippen LogP contribution in [0.3, 0.4) is 0 Å². The largest absolute Gasteiger partial charge is 0.351 e. The Morgan fingerprint density at radius 1 is 1.08 bits per heavy atom. The van der Waals surface area contributed by atoms with Crippen molar-refractivity contribution in [2.75, 3.05) is 0 Å². The maximum atomic E-state index is 13.6. The fraction of sp³-hybridized carbons (Fsp3) is 0.577. The molecule has 2 aromatic heterocycles. The van der Waals surface area contributed by atoms with Gasteiger partial charge in [-0.05, 0) is 75.8 Å². The van der Waals surface area contributed by atoms with Crippen LogP contribution in [-0.4, -0.2) is 54.4 Å². The molecule has 4 bridgehead atoms. The van der Waals surface area contributed by atoms with E-state index in [-0.39, 0.29) is 29.3 Å². The molecule has 2 atom stereocenters. The molecule has 3 amide bonds. The predicted octanol–water partition coefficient (Wildman–Crippen LogP) is 2.27. The zero-order valence-electron chi connectivity index (χ0n) is 21.3. The first-order valence-corrected chi connectivity index (χ1v) is 12.7. The van der Waals surface area contributed by atoms with E-state index >= 15 is 0 Å². The second-order valence-electron chi connectivity index (χ2n) is 11.4. The van der Waals surface area contributed by atoms with Crippen LogP contribution in [0.5, 0.6) is 0 Å². The van der Waals surface area contributed by atoms with E-state index in [9.17, 15) is 14.4 Å². The van der Waals surface area contributed by atoms with Gasteiger partial charge in [0.05, 0.1) is 11.7 Å². The molecule has 2 heterocycles. The first-order chi connectivity index (χ1) is 17.0. The quantitative estimate of drug-likeness (QED) is 0.546. The van der Waals surface area contributed by atoms with Gasteiger partial charge in [-0.1, -0.05) is 0 Å². The van der Waals surface area contributed by atoms with Crippen molar-refractivity contribution in [2.24, 2.45) is 17.8 Å². The molecule has 0 radical (unpaired) electrons. The number of hydrogen-bond acceptors (Lipinski definition) is 5. The summed E-state index contributed by atoms with van der Waals surface area (Å²) < 4.78 is 3.23. The van der Waals surface area contributed by atoms with E-state index in [0.29, 0.717) is 29.1 Å². The van der Waals surface area contributed by atoms with Crippen molar-refractivity contribution < 1.29 is 14.4 Å². The number of carbonyl (C=O) groups is 3. The first-order valence-electron chi connectivity index (χ1n) is 12.7. The van der Waals surface area contributed by atoms with Crippen molar-refractivity contribution in [3.8, 4) is 5.82 Å². The lowest BCUT2D eigenvalue weighted by Gasteiger charge is -2.60. The highest BCUT2D eigenvalue weighted by Crippen LogP contribution is 2.55. The molecule has 0 spiro atoms. The highest BCUT2D eigenvalue weighted by atomic mass is 16.2. The Hall–Kier alpha value is -3.43. The minimum atomic E-state index is -0.591. The van der Waals surface area contributed by atoms with Crippen molar-refractivity contribution in [1.29, 1.82) is 0 Å². The molecule has 4 aliphatic rings. The molecule has 0 saturated heterocycles. The van der Waals surface area contributed by atoms with E-state index in [4.69, 9.17) is 0 Å². The zero-order chi connectivity index (χ0) is 25.7. The lowest BCUT2D eigenvalue weighted by atomic mass is 9.51. The minimum absolute atomic E-state index is 0.0311. The summed E-state index contributed by atoms with van der Waals surface area (Å²) in [6, 6.07) is 1.88. The fourth-order valence-corrected chi connectivity index (χ4v) is 7.02. The number of aromatic nitrogens is 4. The average Bonchev–Trinajstić information content (AvgIpc) is 3.42. The first kappa shape index (κ1) is 24.3. The van der Waals surface area contributed by atoms with Gasteiger partial charge >= 0.3 is 0 Å². The van der Waals surface area contributed by atoms with Crippen LogP contribution in [0.15, 0.2) is 30.7 Å². The zero-order valence-corrected chi connectivity index (χ0v) is 21.3. The summed E-state index contributed by atoms with van der Waals surface area (Å²) in [6.07, 6.45) is 13.6. The van der Waals surface area contributed by atoms with Crippen LogP contribution in [-0.2, 0) is 9.59 Å². The van der Waals surface area contributed by atoms with Crippen LogP contribution in [0.25, 0.3) is 12.0 Å². The van der Waals surface area contributed by atoms with Crippen LogP contribution in [0, 0.1) is 17.8 Å². The molecule has 3 N–H and O–H groups in total. The van der Waals surface area contributed by atoms with E-state index in [1.165, 1.54) is 6.92 Å². The summed E-state index contributed by atoms with van der Waals surface area (Å²) in [5, 5.41) is 18.3. The predicted molar refractivity (Wildman–Crippen MR) is 134 cm³/mol. The average molecular weight is 494 g/mol. The van der Waals surface area contributed by atoms with Gasteiger partial charge in [-0.15, -0.1) is 0 Å². The van der Waals surface area contributed by atoms with Crippen molar-refractivity contribution in [3.63, 3.8) is 0 Å². The van der Waals surface area contributed by atoms with Crippen molar-refractivity contribution in [1.82, 2.24) is 35.5 Å². The number of nitrogens with zero attached hydrogens (tertiary/aromatic N) is 4. The molecule has 4 saturated carbocycles. The topological polar surface area (TPSA) is 123 Å². The summed E-state index contributed by atoms with van der Waals surface area (Å²) in [7, 11) is 0. The van der Waals surface area contributed by atoms with Gasteiger partial charge in [0.25, 0.3) is 5.91 Å². The molecule has 6 rings (SSSR count). The summed E-state index contributed by atoms with van der Waals surface area (Å²) in [4.78, 5) is 37.0. The Morgan fingerprint density at radius 2 is 1.81 bits per heavy atom. The fourth-order valence-electron chi connectivity index (χ4n) is 7.02. The monoisotopic (exact) mass is 493 g/mol. The Bertz CT molecular complexity index is 1180. The van der Waals surface area contributed by atoms with Gasteiger partial charge in [-0.3, -0.25) is 14.4 Å². The molecule has 0 aliphatic heterocycles. The second kappa shape index (κ2) is 8.90. The van der Waals surface area contributed by atoms with Crippen molar-refractivity contribution in [3.05, 3.63) is 36.3 Å². The standard InChI is InChI=1S/C26H35N7O3/c1-16(34)30-25(3,4)6-9-33-24(32-8-5-7-27-32)21(15-28-33)23(36)29-22-19-10-18-11-20(22)14-26(12-18,13-19)31-17(2)35/h5-9,15,18-20,22H,10-14H2,1-4H3,(H,29,36)(H,30,34)(H,31,35)/b9-6+. The third-order valence-electron chi connectivity index (χ3n) is 7.88. The smallest absolute Gasteiger partial charge is 0.257 e. The lowest BCUT2D eigenvalue weighted by molar-refractivity contribution is -0.125. The number of carbonyl (C=O) groups excluding carboxylic acids is 3. The maximum Gasteiger partial charge on any atom is 0.257 e. The molecule has 36 heavy (non-hydrogen) atoms. The SMILES string of the molecule is CC(=O)NC(C)(C)/C=C/n1ncc(C(=O)NC2C3CC4CC2CC(NC(C)=O)(C4)C3)c1-n1cccn1. The number of hydrogen-bond donors (Lipinski definition) is 3. The van der Waals surface area contributed by atoms with E-state index in [1.807, 2.05) is 19.9 Å². The van der Waals surface area contributed by atoms with E-state index in [0.717, 1.165) is 32.1 Å². The summed E-state index contributed by atoms with van der Waals surface area (Å²) in [5.74, 6) is 1.58. The molecule has 4 aliphatic carbocycles. The Labute approximate surface area is 210 Å². The maximum absolute atomic E-state index is 13.6. The van der Waals surface area contributed by atoms with Gasteiger partial charge in [0.1, 0.15) is 5.56 Å². The lowest BCUT2D eigenvalue weighted by Crippen LogP contribution is -2.66. The Kier molecular flexibility index (Phi) is 6.00. The minimum Gasteiger partial charge on any atom is -0.351 e. The van der Waals surface area contributed by atoms with Crippen LogP contribution in [0.1, 0.15) is 70.2 Å². The van der Waals surface area contributed by atoms with Gasteiger partial charge in [0.15, 0.2) is 5.82 Å². The number of nitrogens with one attached hydrogen (secondary N) is 3. The number of rotatable bonds is 7. The van der Waals surface area contributed by atoms with Gasteiger partial charge in [0, 0.05) is 44.0 Å². The van der Waals surface area contributed by atoms with Crippen LogP contribution in [0.2, 0.25) is 0 Å². The Balaban J connectivity index is 1.38. The molecule has 10 nitrogen and oxygen atoms in total. The molecule has 2 aromatic rings. The van der Waals surface area contributed by atoms with E-state index in [2.05, 4.69) is 26.1 Å². The van der Waals surface area contributed by atoms with E-state index in [1.54, 1.807) is 47.1 Å². The van der Waals surface area contributed by atoms with Gasteiger partial charge < -0.3 is 16.0 Å². The third-order valence-corrected chi connectivity index (χ3v) is 7.88. The van der Waals surface area contributed by atoms with Crippen LogP contribution in [0.4, 0.5) is 0 Å². The normalized spacial score (nSPS) is 28.9. The summed E-state index contributed by atoms with van der Waals surface area (Å²) >= 11 is 0. The molecule has 0 aromatic carbocycles. The van der Waals surface area contributed by atoms with Gasteiger partial charge in [-0.2, -0.15) is 10.2 Å². The number of amides is 3. The molecule has 192 valence electrons. The highest BCUT2D eigenvalue weighted by molar-refractivity contribution is 5.97. The summed E-state index contributed by atoms with van der Waals surface area (Å²) in [6.45, 7) is 6.84. The molecule has 2 unspecified atom stereocenters. The van der Waals surface area contributed by atoms with Gasteiger partial charge in [0.2, 0.25) is 11.8 Å². The third kappa shape index (κ3) is 4.68. The second-order valence-corrected chi connectivity index (χ2v) is 11.4. The van der Waals surface area contributed by atoms with Crippen molar-refractivity contribution >= 4 is 23.9 Å². The Morgan fingerprint density at radius 3 is 2.42 bits per heavy atom. The summed E-state index contributed by atoms with van der Waals surface area (Å²) in [5.41, 5.74) is -0.266. The van der Waals surface area contributed by atoms with Gasteiger partial charge in [-0.25, -0.2) is 9.36 Å². The molecule has 10 heteroatoms. The van der Waals surface area contributed by atoms with Crippen LogP contribution >= 0.6 is 0 Å². The molecular formula is C26H35N7O3. The highest BCUT2D eigenvalue weighted by Gasteiger charge is 2.56. The molecular weight excluding hydrogens is 458 g/mol. The molecule has 4 fully saturated rings. The van der Waals surface area contributed by atoms with Crippen LogP contribution < -0.4 is 16.0 Å². The van der Waals surface area contributed by atoms with E-state index < -0.39 is 5.54 Å². The van der Waals surface area contributed by atoms with Crippen molar-refractivity contribution in [2.45, 2.75) is 76.9 Å².